The van der Waals surface area contributed by atoms with E-state index in [0.717, 1.165) is 21.9 Å². The van der Waals surface area contributed by atoms with Gasteiger partial charge in [-0.1, -0.05) is 41.7 Å². The molecule has 0 unspecified atom stereocenters. The van der Waals surface area contributed by atoms with Gasteiger partial charge in [-0.05, 0) is 17.8 Å². The molecule has 1 aromatic carbocycles. The molecule has 3 N–H and O–H groups in total. The Kier molecular flexibility index (Phi) is 5.01. The molecule has 0 aliphatic carbocycles. The first-order valence-electron chi connectivity index (χ1n) is 5.98. The van der Waals surface area contributed by atoms with Crippen molar-refractivity contribution in [1.29, 1.82) is 0 Å². The van der Waals surface area contributed by atoms with Crippen molar-refractivity contribution < 1.29 is 9.59 Å². The van der Waals surface area contributed by atoms with Crippen molar-refractivity contribution in [3.63, 3.8) is 0 Å². The van der Waals surface area contributed by atoms with Crippen LogP contribution in [0.1, 0.15) is 5.56 Å². The fourth-order valence-corrected chi connectivity index (χ4v) is 2.30. The third-order valence-corrected chi connectivity index (χ3v) is 3.50. The van der Waals surface area contributed by atoms with Crippen LogP contribution in [0.2, 0.25) is 0 Å². The van der Waals surface area contributed by atoms with Crippen molar-refractivity contribution in [2.24, 2.45) is 0 Å². The molecule has 3 amide bonds. The van der Waals surface area contributed by atoms with Gasteiger partial charge in [0.15, 0.2) is 3.95 Å². The Labute approximate surface area is 130 Å². The van der Waals surface area contributed by atoms with E-state index in [4.69, 9.17) is 12.2 Å². The number of H-pyrrole nitrogens is 1. The Morgan fingerprint density at radius 2 is 2.10 bits per heavy atom. The Hall–Kier alpha value is -2.26. The second kappa shape index (κ2) is 6.95. The smallest absolute Gasteiger partial charge is 0.281 e. The number of nitrogens with zero attached hydrogens (tertiary/aromatic N) is 2. The van der Waals surface area contributed by atoms with E-state index in [2.05, 4.69) is 20.9 Å². The lowest BCUT2D eigenvalue weighted by atomic mass is 10.1. The van der Waals surface area contributed by atoms with Gasteiger partial charge in [-0.3, -0.25) is 20.2 Å². The fourth-order valence-electron chi connectivity index (χ4n) is 1.51. The van der Waals surface area contributed by atoms with E-state index in [1.165, 1.54) is 7.05 Å². The maximum Gasteiger partial charge on any atom is 0.339 e. The van der Waals surface area contributed by atoms with Crippen molar-refractivity contribution in [3.8, 4) is 0 Å². The number of benzene rings is 1. The summed E-state index contributed by atoms with van der Waals surface area (Å²) in [4.78, 5) is 23.6. The number of aromatic amines is 1. The summed E-state index contributed by atoms with van der Waals surface area (Å²) < 4.78 is 0.457. The van der Waals surface area contributed by atoms with E-state index in [9.17, 15) is 9.59 Å². The normalized spacial score (nSPS) is 9.95. The van der Waals surface area contributed by atoms with E-state index < -0.39 is 6.03 Å². The summed E-state index contributed by atoms with van der Waals surface area (Å²) in [7, 11) is 1.48. The maximum absolute atomic E-state index is 12.0. The van der Waals surface area contributed by atoms with Gasteiger partial charge < -0.3 is 0 Å². The summed E-state index contributed by atoms with van der Waals surface area (Å²) in [6.07, 6.45) is 0.207. The van der Waals surface area contributed by atoms with Gasteiger partial charge in [-0.25, -0.2) is 10.2 Å². The number of nitrogens with one attached hydrogen (secondary N) is 3. The van der Waals surface area contributed by atoms with Crippen LogP contribution in [-0.4, -0.2) is 34.2 Å². The number of anilines is 1. The second-order valence-electron chi connectivity index (χ2n) is 4.10. The minimum Gasteiger partial charge on any atom is -0.281 e. The molecule has 7 nitrogen and oxygen atoms in total. The third kappa shape index (κ3) is 4.65. The zero-order chi connectivity index (χ0) is 15.2. The molecule has 21 heavy (non-hydrogen) atoms. The Morgan fingerprint density at radius 1 is 1.38 bits per heavy atom. The molecule has 1 aromatic heterocycles. The minimum atomic E-state index is -0.559. The molecule has 2 aromatic rings. The van der Waals surface area contributed by atoms with Crippen LogP contribution in [0.3, 0.4) is 0 Å². The van der Waals surface area contributed by atoms with Gasteiger partial charge in [0.25, 0.3) is 0 Å². The summed E-state index contributed by atoms with van der Waals surface area (Å²) in [6.45, 7) is 0. The van der Waals surface area contributed by atoms with E-state index in [0.29, 0.717) is 9.09 Å². The SMILES string of the molecule is CN(NC(=O)Nc1n[nH]c(=S)s1)C(=O)Cc1ccccc1. The van der Waals surface area contributed by atoms with Crippen molar-refractivity contribution in [1.82, 2.24) is 20.6 Å². The van der Waals surface area contributed by atoms with Crippen LogP contribution in [0, 0.1) is 3.95 Å². The highest BCUT2D eigenvalue weighted by Crippen LogP contribution is 2.10. The molecule has 0 bridgehead atoms. The highest BCUT2D eigenvalue weighted by molar-refractivity contribution is 7.73. The number of rotatable bonds is 3. The number of hydrazine groups is 1. The first-order chi connectivity index (χ1) is 10.0. The molecular weight excluding hydrogens is 310 g/mol. The zero-order valence-electron chi connectivity index (χ0n) is 11.1. The van der Waals surface area contributed by atoms with Gasteiger partial charge in [0.1, 0.15) is 0 Å². The molecule has 0 radical (unpaired) electrons. The van der Waals surface area contributed by atoms with Crippen LogP contribution in [0.15, 0.2) is 30.3 Å². The Balaban J connectivity index is 1.85. The number of carbonyl (C=O) groups excluding carboxylic acids is 2. The highest BCUT2D eigenvalue weighted by Gasteiger charge is 2.13. The Morgan fingerprint density at radius 3 is 2.71 bits per heavy atom. The highest BCUT2D eigenvalue weighted by atomic mass is 32.1. The van der Waals surface area contributed by atoms with Crippen LogP contribution in [0.25, 0.3) is 0 Å². The van der Waals surface area contributed by atoms with Crippen LogP contribution in [0.4, 0.5) is 9.93 Å². The van der Waals surface area contributed by atoms with Crippen LogP contribution in [0.5, 0.6) is 0 Å². The van der Waals surface area contributed by atoms with E-state index in [1.54, 1.807) is 0 Å². The number of hydrogen-bond acceptors (Lipinski definition) is 5. The molecule has 2 rings (SSSR count). The topological polar surface area (TPSA) is 90.1 Å². The summed E-state index contributed by atoms with van der Waals surface area (Å²) in [5.41, 5.74) is 3.29. The van der Waals surface area contributed by atoms with Gasteiger partial charge in [0.2, 0.25) is 11.0 Å². The summed E-state index contributed by atoms with van der Waals surface area (Å²) in [5, 5.41) is 10.3. The molecule has 0 aliphatic heterocycles. The number of aromatic nitrogens is 2. The van der Waals surface area contributed by atoms with Gasteiger partial charge in [-0.2, -0.15) is 0 Å². The van der Waals surface area contributed by atoms with Gasteiger partial charge in [-0.15, -0.1) is 5.10 Å². The Bertz CT molecular complexity index is 682. The van der Waals surface area contributed by atoms with Crippen LogP contribution < -0.4 is 10.7 Å². The predicted octanol–water partition coefficient (Wildman–Crippen LogP) is 1.94. The van der Waals surface area contributed by atoms with Gasteiger partial charge >= 0.3 is 6.03 Å². The molecule has 110 valence electrons. The maximum atomic E-state index is 12.0. The molecule has 0 aliphatic rings. The van der Waals surface area contributed by atoms with E-state index >= 15 is 0 Å². The number of carbonyl (C=O) groups is 2. The average molecular weight is 323 g/mol. The largest absolute Gasteiger partial charge is 0.339 e. The molecule has 9 heteroatoms. The number of urea groups is 1. The first kappa shape index (κ1) is 15.1. The van der Waals surface area contributed by atoms with Crippen molar-refractivity contribution >= 4 is 40.6 Å². The third-order valence-electron chi connectivity index (χ3n) is 2.50. The molecular formula is C12H13N5O2S2. The monoisotopic (exact) mass is 323 g/mol. The molecule has 0 fully saturated rings. The zero-order valence-corrected chi connectivity index (χ0v) is 12.8. The standard InChI is InChI=1S/C12H13N5O2S2/c1-17(9(18)7-8-5-3-2-4-6-8)16-10(19)13-11-14-15-12(20)21-11/h2-6H,7H2,1H3,(H,15,20)(H2,13,14,16,19). The van der Waals surface area contributed by atoms with E-state index in [1.807, 2.05) is 30.3 Å². The molecule has 0 atom stereocenters. The number of likely N-dealkylation sites (N-methyl/N-ethyl adjacent to an activating group) is 1. The number of amides is 3. The molecule has 0 saturated heterocycles. The summed E-state index contributed by atoms with van der Waals surface area (Å²) in [5.74, 6) is -0.231. The molecule has 0 spiro atoms. The lowest BCUT2D eigenvalue weighted by molar-refractivity contribution is -0.131. The number of hydrogen-bond donors (Lipinski definition) is 3. The quantitative estimate of drug-likeness (QED) is 0.595. The second-order valence-corrected chi connectivity index (χ2v) is 5.77. The van der Waals surface area contributed by atoms with E-state index in [-0.39, 0.29) is 12.3 Å². The van der Waals surface area contributed by atoms with Crippen molar-refractivity contribution in [3.05, 3.63) is 39.8 Å². The average Bonchev–Trinajstić information content (AvgIpc) is 2.84. The lowest BCUT2D eigenvalue weighted by Gasteiger charge is -2.18. The molecule has 0 saturated carbocycles. The van der Waals surface area contributed by atoms with Crippen LogP contribution in [-0.2, 0) is 11.2 Å². The summed E-state index contributed by atoms with van der Waals surface area (Å²) >= 11 is 5.98. The van der Waals surface area contributed by atoms with Crippen molar-refractivity contribution in [2.45, 2.75) is 6.42 Å². The van der Waals surface area contributed by atoms with Gasteiger partial charge in [0, 0.05) is 7.05 Å². The fraction of sp³-hybridized carbons (Fsp3) is 0.167. The predicted molar refractivity (Wildman–Crippen MR) is 82.4 cm³/mol. The van der Waals surface area contributed by atoms with Crippen LogP contribution >= 0.6 is 23.6 Å². The van der Waals surface area contributed by atoms with Gasteiger partial charge in [0.05, 0.1) is 6.42 Å². The first-order valence-corrected chi connectivity index (χ1v) is 7.20. The molecule has 1 heterocycles. The van der Waals surface area contributed by atoms with Crippen molar-refractivity contribution in [2.75, 3.05) is 12.4 Å². The lowest BCUT2D eigenvalue weighted by Crippen LogP contribution is -2.45. The minimum absolute atomic E-state index is 0.207. The summed E-state index contributed by atoms with van der Waals surface area (Å²) in [6, 6.07) is 8.73.